The average molecular weight is 376 g/mol. The third kappa shape index (κ3) is 9.30. The first-order chi connectivity index (χ1) is 11.6. The number of carbonyl (C=O) groups is 4. The molecule has 0 saturated carbocycles. The summed E-state index contributed by atoms with van der Waals surface area (Å²) in [5.41, 5.74) is 5.69. The van der Waals surface area contributed by atoms with Crippen molar-refractivity contribution in [3.63, 3.8) is 0 Å². The fourth-order valence-corrected chi connectivity index (χ4v) is 2.29. The molecule has 0 aliphatic rings. The molecule has 3 atom stereocenters. The zero-order valence-electron chi connectivity index (χ0n) is 15.0. The van der Waals surface area contributed by atoms with Gasteiger partial charge in [-0.3, -0.25) is 19.2 Å². The number of rotatable bonds is 11. The van der Waals surface area contributed by atoms with Crippen LogP contribution in [-0.4, -0.2) is 65.5 Å². The van der Waals surface area contributed by atoms with E-state index >= 15 is 0 Å². The average Bonchev–Trinajstić information content (AvgIpc) is 2.54. The Morgan fingerprint density at radius 2 is 1.68 bits per heavy atom. The molecule has 3 unspecified atom stereocenters. The van der Waals surface area contributed by atoms with Crippen LogP contribution in [0.15, 0.2) is 0 Å². The summed E-state index contributed by atoms with van der Waals surface area (Å²) in [6, 6.07) is -2.67. The van der Waals surface area contributed by atoms with Crippen molar-refractivity contribution in [3.05, 3.63) is 0 Å². The molecule has 9 nitrogen and oxygen atoms in total. The van der Waals surface area contributed by atoms with Gasteiger partial charge in [0.2, 0.25) is 17.7 Å². The summed E-state index contributed by atoms with van der Waals surface area (Å²) in [5.74, 6) is -2.28. The predicted molar refractivity (Wildman–Crippen MR) is 96.0 cm³/mol. The van der Waals surface area contributed by atoms with E-state index < -0.39 is 41.8 Å². The Hall–Kier alpha value is -1.81. The van der Waals surface area contributed by atoms with Gasteiger partial charge in [-0.25, -0.2) is 0 Å². The van der Waals surface area contributed by atoms with Gasteiger partial charge in [-0.1, -0.05) is 13.8 Å². The van der Waals surface area contributed by atoms with Gasteiger partial charge in [0, 0.05) is 0 Å². The van der Waals surface area contributed by atoms with Crippen LogP contribution in [0.5, 0.6) is 0 Å². The molecule has 0 saturated heterocycles. The van der Waals surface area contributed by atoms with Crippen LogP contribution in [0.4, 0.5) is 0 Å². The summed E-state index contributed by atoms with van der Waals surface area (Å²) in [6.07, 6.45) is 2.40. The topological polar surface area (TPSA) is 151 Å². The Morgan fingerprint density at radius 1 is 1.08 bits per heavy atom. The number of aliphatic carboxylic acids is 1. The van der Waals surface area contributed by atoms with Crippen molar-refractivity contribution < 1.29 is 24.3 Å². The number of hydrogen-bond acceptors (Lipinski definition) is 6. The lowest BCUT2D eigenvalue weighted by molar-refractivity contribution is -0.142. The first-order valence-corrected chi connectivity index (χ1v) is 9.34. The zero-order chi connectivity index (χ0) is 19.6. The highest BCUT2D eigenvalue weighted by atomic mass is 32.2. The molecule has 0 aromatic carbocycles. The largest absolute Gasteiger partial charge is 0.480 e. The summed E-state index contributed by atoms with van der Waals surface area (Å²) in [5, 5.41) is 16.1. The van der Waals surface area contributed by atoms with E-state index in [1.807, 2.05) is 6.26 Å². The molecule has 10 heteroatoms. The fraction of sp³-hybridized carbons (Fsp3) is 0.733. The Labute approximate surface area is 151 Å². The maximum atomic E-state index is 12.1. The van der Waals surface area contributed by atoms with Gasteiger partial charge < -0.3 is 26.8 Å². The minimum atomic E-state index is -1.17. The number of carboxylic acid groups (broad SMARTS) is 1. The van der Waals surface area contributed by atoms with Crippen LogP contribution in [0.25, 0.3) is 0 Å². The smallest absolute Gasteiger partial charge is 0.325 e. The van der Waals surface area contributed by atoms with E-state index in [1.165, 1.54) is 6.92 Å². The van der Waals surface area contributed by atoms with Crippen molar-refractivity contribution in [1.82, 2.24) is 16.0 Å². The quantitative estimate of drug-likeness (QED) is 0.307. The maximum absolute atomic E-state index is 12.1. The molecular weight excluding hydrogens is 348 g/mol. The van der Waals surface area contributed by atoms with Gasteiger partial charge in [-0.05, 0) is 31.3 Å². The van der Waals surface area contributed by atoms with Crippen molar-refractivity contribution in [2.45, 2.75) is 45.3 Å². The minimum Gasteiger partial charge on any atom is -0.480 e. The molecule has 0 heterocycles. The summed E-state index contributed by atoms with van der Waals surface area (Å²) < 4.78 is 0. The molecule has 0 bridgehead atoms. The van der Waals surface area contributed by atoms with Crippen LogP contribution in [0.3, 0.4) is 0 Å². The second-order valence-corrected chi connectivity index (χ2v) is 6.95. The third-order valence-corrected chi connectivity index (χ3v) is 4.03. The Bertz CT molecular complexity index is 487. The van der Waals surface area contributed by atoms with Gasteiger partial charge in [0.15, 0.2) is 0 Å². The molecule has 6 N–H and O–H groups in total. The van der Waals surface area contributed by atoms with Gasteiger partial charge in [-0.2, -0.15) is 11.8 Å². The van der Waals surface area contributed by atoms with Crippen molar-refractivity contribution in [3.8, 4) is 0 Å². The van der Waals surface area contributed by atoms with E-state index in [0.29, 0.717) is 6.42 Å². The highest BCUT2D eigenvalue weighted by Gasteiger charge is 2.27. The second-order valence-electron chi connectivity index (χ2n) is 5.96. The summed E-state index contributed by atoms with van der Waals surface area (Å²) in [6.45, 7) is 4.45. The number of carbonyl (C=O) groups excluding carboxylic acids is 3. The van der Waals surface area contributed by atoms with E-state index in [-0.39, 0.29) is 12.5 Å². The predicted octanol–water partition coefficient (Wildman–Crippen LogP) is -1.09. The molecule has 0 aromatic rings. The molecule has 25 heavy (non-hydrogen) atoms. The van der Waals surface area contributed by atoms with Gasteiger partial charge in [0.05, 0.1) is 12.6 Å². The second kappa shape index (κ2) is 11.7. The standard InChI is InChI=1S/C15H28N4O5S/c1-8(2)12(14(22)18-9(3)15(23)24)19-11(20)7-17-13(21)10(16)5-6-25-4/h8-10,12H,5-7,16H2,1-4H3,(H,17,21)(H,18,22)(H,19,20)(H,23,24). The van der Waals surface area contributed by atoms with E-state index in [4.69, 9.17) is 10.8 Å². The number of nitrogens with two attached hydrogens (primary N) is 1. The normalized spacial score (nSPS) is 14.3. The lowest BCUT2D eigenvalue weighted by Crippen LogP contribution is -2.55. The SMILES string of the molecule is CSCCC(N)C(=O)NCC(=O)NC(C(=O)NC(C)C(=O)O)C(C)C. The lowest BCUT2D eigenvalue weighted by atomic mass is 10.0. The highest BCUT2D eigenvalue weighted by Crippen LogP contribution is 2.03. The van der Waals surface area contributed by atoms with Crippen LogP contribution in [0, 0.1) is 5.92 Å². The van der Waals surface area contributed by atoms with Gasteiger partial charge in [-0.15, -0.1) is 0 Å². The fourth-order valence-electron chi connectivity index (χ4n) is 1.80. The van der Waals surface area contributed by atoms with Crippen molar-refractivity contribution in [1.29, 1.82) is 0 Å². The number of nitrogens with one attached hydrogen (secondary N) is 3. The van der Waals surface area contributed by atoms with Crippen LogP contribution >= 0.6 is 11.8 Å². The molecule has 144 valence electrons. The first kappa shape index (κ1) is 23.2. The number of amides is 3. The molecule has 0 spiro atoms. The summed E-state index contributed by atoms with van der Waals surface area (Å²) >= 11 is 1.57. The van der Waals surface area contributed by atoms with Crippen molar-refractivity contribution in [2.75, 3.05) is 18.6 Å². The van der Waals surface area contributed by atoms with E-state index in [0.717, 1.165) is 5.75 Å². The zero-order valence-corrected chi connectivity index (χ0v) is 15.8. The Morgan fingerprint density at radius 3 is 2.16 bits per heavy atom. The monoisotopic (exact) mass is 376 g/mol. The first-order valence-electron chi connectivity index (χ1n) is 7.94. The Balaban J connectivity index is 4.53. The third-order valence-electron chi connectivity index (χ3n) is 3.39. The van der Waals surface area contributed by atoms with Crippen LogP contribution in [-0.2, 0) is 19.2 Å². The van der Waals surface area contributed by atoms with Gasteiger partial charge in [0.1, 0.15) is 12.1 Å². The number of thioether (sulfide) groups is 1. The molecule has 0 aliphatic carbocycles. The molecule has 0 aromatic heterocycles. The molecular formula is C15H28N4O5S. The van der Waals surface area contributed by atoms with Crippen LogP contribution in [0.1, 0.15) is 27.2 Å². The van der Waals surface area contributed by atoms with E-state index in [1.54, 1.807) is 25.6 Å². The van der Waals surface area contributed by atoms with Crippen LogP contribution < -0.4 is 21.7 Å². The molecule has 0 fully saturated rings. The van der Waals surface area contributed by atoms with Gasteiger partial charge >= 0.3 is 5.97 Å². The van der Waals surface area contributed by atoms with Gasteiger partial charge in [0.25, 0.3) is 0 Å². The Kier molecular flexibility index (Phi) is 10.8. The van der Waals surface area contributed by atoms with Crippen LogP contribution in [0.2, 0.25) is 0 Å². The lowest BCUT2D eigenvalue weighted by Gasteiger charge is -2.23. The summed E-state index contributed by atoms with van der Waals surface area (Å²) in [7, 11) is 0. The van der Waals surface area contributed by atoms with Crippen molar-refractivity contribution in [2.24, 2.45) is 11.7 Å². The molecule has 0 aliphatic heterocycles. The number of carboxylic acids is 1. The highest BCUT2D eigenvalue weighted by molar-refractivity contribution is 7.98. The molecule has 0 radical (unpaired) electrons. The minimum absolute atomic E-state index is 0.260. The summed E-state index contributed by atoms with van der Waals surface area (Å²) in [4.78, 5) is 46.6. The molecule has 3 amide bonds. The van der Waals surface area contributed by atoms with E-state index in [9.17, 15) is 19.2 Å². The van der Waals surface area contributed by atoms with E-state index in [2.05, 4.69) is 16.0 Å². The maximum Gasteiger partial charge on any atom is 0.325 e. The number of hydrogen-bond donors (Lipinski definition) is 5. The molecule has 0 rings (SSSR count). The van der Waals surface area contributed by atoms with Crippen molar-refractivity contribution >= 4 is 35.5 Å².